The predicted molar refractivity (Wildman–Crippen MR) is 150 cm³/mol. The fraction of sp³-hybridized carbons (Fsp3) is 0.867. The van der Waals surface area contributed by atoms with Crippen molar-refractivity contribution >= 4 is 5.69 Å². The van der Waals surface area contributed by atoms with Gasteiger partial charge in [-0.05, 0) is 79.9 Å². The Kier molecular flexibility index (Phi) is 7.88. The SMILES string of the molecule is CC(C)CN(c1c([O-])c(=[N+](CC(C)C)C2CC(C)(C)NC(C)(C)C2)c1=O)C1CC(C)(C)NC(C)(C)C1. The molecular formula is C30H54N4O2. The van der Waals surface area contributed by atoms with Crippen molar-refractivity contribution in [2.45, 2.75) is 143 Å². The summed E-state index contributed by atoms with van der Waals surface area (Å²) in [6.45, 7) is 28.0. The number of hydrogen-bond donors (Lipinski definition) is 2. The monoisotopic (exact) mass is 502 g/mol. The van der Waals surface area contributed by atoms with E-state index in [-0.39, 0.29) is 45.4 Å². The van der Waals surface area contributed by atoms with Crippen LogP contribution in [0.25, 0.3) is 0 Å². The van der Waals surface area contributed by atoms with Crippen molar-refractivity contribution in [2.75, 3.05) is 18.0 Å². The summed E-state index contributed by atoms with van der Waals surface area (Å²) in [5, 5.41) is 21.9. The fourth-order valence-electron chi connectivity index (χ4n) is 7.50. The molecule has 2 fully saturated rings. The van der Waals surface area contributed by atoms with Gasteiger partial charge in [0, 0.05) is 53.5 Å². The standard InChI is InChI=1S/C30H54N4O2/c1-19(2)17-33(21-13-27(5,6)31-28(7,8)14-21)23-25(35)24(26(23)36)34(18-20(3)4)22-15-29(9,10)32-30(11,12)16-22/h19-22,31-32H,13-18H2,1-12H3. The maximum absolute atomic E-state index is 13.9. The number of nitrogens with zero attached hydrogens (tertiary/aromatic N) is 2. The normalized spacial score (nSPS) is 24.9. The maximum Gasteiger partial charge on any atom is 0.271 e. The average molecular weight is 503 g/mol. The summed E-state index contributed by atoms with van der Waals surface area (Å²) in [4.78, 5) is 16.1. The topological polar surface area (TPSA) is 70.4 Å². The van der Waals surface area contributed by atoms with Crippen LogP contribution in [-0.4, -0.2) is 47.3 Å². The van der Waals surface area contributed by atoms with E-state index in [0.29, 0.717) is 22.9 Å². The zero-order chi connectivity index (χ0) is 27.4. The van der Waals surface area contributed by atoms with E-state index in [9.17, 15) is 9.90 Å². The molecule has 3 rings (SSSR count). The van der Waals surface area contributed by atoms with E-state index in [4.69, 9.17) is 0 Å². The van der Waals surface area contributed by atoms with Gasteiger partial charge in [0.25, 0.3) is 5.43 Å². The van der Waals surface area contributed by atoms with Gasteiger partial charge >= 0.3 is 0 Å². The third kappa shape index (κ3) is 6.53. The molecule has 2 N–H and O–H groups in total. The number of anilines is 1. The highest BCUT2D eigenvalue weighted by Crippen LogP contribution is 2.36. The molecule has 6 nitrogen and oxygen atoms in total. The van der Waals surface area contributed by atoms with E-state index in [2.05, 4.69) is 103 Å². The molecule has 1 aromatic rings. The van der Waals surface area contributed by atoms with Crippen molar-refractivity contribution in [3.05, 3.63) is 15.6 Å². The smallest absolute Gasteiger partial charge is 0.271 e. The van der Waals surface area contributed by atoms with Crippen LogP contribution in [0.3, 0.4) is 0 Å². The Balaban J connectivity index is 2.12. The second-order valence-electron chi connectivity index (χ2n) is 15.4. The summed E-state index contributed by atoms with van der Waals surface area (Å²) < 4.78 is 2.19. The molecule has 0 atom stereocenters. The van der Waals surface area contributed by atoms with Crippen LogP contribution in [0.4, 0.5) is 5.69 Å². The van der Waals surface area contributed by atoms with Crippen LogP contribution >= 0.6 is 0 Å². The van der Waals surface area contributed by atoms with Crippen LogP contribution in [-0.2, 0) is 0 Å². The average Bonchev–Trinajstić information content (AvgIpc) is 2.61. The molecule has 2 saturated heterocycles. The Morgan fingerprint density at radius 2 is 1.28 bits per heavy atom. The first-order valence-electron chi connectivity index (χ1n) is 14.2. The molecule has 2 aliphatic heterocycles. The van der Waals surface area contributed by atoms with Gasteiger partial charge in [0.15, 0.2) is 6.04 Å². The Morgan fingerprint density at radius 1 is 0.833 bits per heavy atom. The highest BCUT2D eigenvalue weighted by Gasteiger charge is 2.45. The fourth-order valence-corrected chi connectivity index (χ4v) is 7.50. The van der Waals surface area contributed by atoms with Crippen LogP contribution in [0, 0.1) is 11.8 Å². The van der Waals surface area contributed by atoms with E-state index in [1.807, 2.05) is 0 Å². The van der Waals surface area contributed by atoms with Crippen LogP contribution in [0.1, 0.15) is 109 Å². The molecule has 36 heavy (non-hydrogen) atoms. The maximum atomic E-state index is 13.9. The molecule has 2 aliphatic rings. The molecule has 0 amide bonds. The summed E-state index contributed by atoms with van der Waals surface area (Å²) >= 11 is 0. The molecule has 0 aromatic heterocycles. The third-order valence-corrected chi connectivity index (χ3v) is 7.78. The van der Waals surface area contributed by atoms with Gasteiger partial charge < -0.3 is 20.6 Å². The molecule has 0 aliphatic carbocycles. The number of hydrogen-bond acceptors (Lipinski definition) is 5. The van der Waals surface area contributed by atoms with E-state index in [1.54, 1.807) is 0 Å². The van der Waals surface area contributed by atoms with E-state index in [0.717, 1.165) is 38.8 Å². The Morgan fingerprint density at radius 3 is 1.67 bits per heavy atom. The second-order valence-corrected chi connectivity index (χ2v) is 15.4. The zero-order valence-electron chi connectivity index (χ0n) is 25.3. The molecule has 1 aromatic carbocycles. The minimum atomic E-state index is -0.0550. The summed E-state index contributed by atoms with van der Waals surface area (Å²) in [7, 11) is 0. The van der Waals surface area contributed by atoms with Crippen molar-refractivity contribution in [3.63, 3.8) is 0 Å². The lowest BCUT2D eigenvalue weighted by Crippen LogP contribution is -2.65. The van der Waals surface area contributed by atoms with Crippen molar-refractivity contribution in [1.82, 2.24) is 15.2 Å². The van der Waals surface area contributed by atoms with Crippen LogP contribution in [0.5, 0.6) is 5.75 Å². The molecule has 0 unspecified atom stereocenters. The Bertz CT molecular complexity index is 992. The first-order valence-corrected chi connectivity index (χ1v) is 14.2. The molecular weight excluding hydrogens is 448 g/mol. The van der Waals surface area contributed by atoms with Gasteiger partial charge in [0.05, 0.1) is 5.69 Å². The van der Waals surface area contributed by atoms with Gasteiger partial charge in [0.2, 0.25) is 5.36 Å². The van der Waals surface area contributed by atoms with Crippen molar-refractivity contribution < 1.29 is 5.11 Å². The number of piperidine rings is 2. The summed E-state index contributed by atoms with van der Waals surface area (Å²) in [5.41, 5.74) is 0.172. The minimum absolute atomic E-state index is 0.0374. The number of nitrogens with one attached hydrogen (secondary N) is 2. The van der Waals surface area contributed by atoms with Crippen molar-refractivity contribution in [3.8, 4) is 5.75 Å². The van der Waals surface area contributed by atoms with E-state index < -0.39 is 0 Å². The molecule has 206 valence electrons. The summed E-state index contributed by atoms with van der Waals surface area (Å²) in [5.74, 6) is 0.687. The van der Waals surface area contributed by atoms with Gasteiger partial charge in [-0.3, -0.25) is 4.79 Å². The predicted octanol–water partition coefficient (Wildman–Crippen LogP) is 3.51. The third-order valence-electron chi connectivity index (χ3n) is 7.78. The molecule has 2 heterocycles. The van der Waals surface area contributed by atoms with E-state index in [1.165, 1.54) is 0 Å². The van der Waals surface area contributed by atoms with E-state index >= 15 is 0 Å². The van der Waals surface area contributed by atoms with Gasteiger partial charge in [-0.2, -0.15) is 0 Å². The van der Waals surface area contributed by atoms with Gasteiger partial charge in [0.1, 0.15) is 6.54 Å². The lowest BCUT2D eigenvalue weighted by atomic mass is 9.78. The second kappa shape index (κ2) is 9.72. The minimum Gasteiger partial charge on any atom is -0.866 e. The van der Waals surface area contributed by atoms with Gasteiger partial charge in [-0.1, -0.05) is 27.7 Å². The first kappa shape index (κ1) is 29.2. The summed E-state index contributed by atoms with van der Waals surface area (Å²) in [6, 6.07) is 0.330. The molecule has 0 bridgehead atoms. The van der Waals surface area contributed by atoms with Crippen LogP contribution in [0.2, 0.25) is 0 Å². The van der Waals surface area contributed by atoms with Crippen LogP contribution in [0.15, 0.2) is 4.79 Å². The Hall–Kier alpha value is -1.40. The first-order chi connectivity index (χ1) is 16.2. The lowest BCUT2D eigenvalue weighted by Gasteiger charge is -2.51. The van der Waals surface area contributed by atoms with Gasteiger partial charge in [-0.15, -0.1) is 0 Å². The molecule has 0 radical (unpaired) electrons. The highest BCUT2D eigenvalue weighted by atomic mass is 16.3. The van der Waals surface area contributed by atoms with Crippen molar-refractivity contribution in [1.29, 1.82) is 0 Å². The lowest BCUT2D eigenvalue weighted by molar-refractivity contribution is -0.271. The highest BCUT2D eigenvalue weighted by molar-refractivity contribution is 5.63. The largest absolute Gasteiger partial charge is 0.866 e. The molecule has 0 saturated carbocycles. The van der Waals surface area contributed by atoms with Crippen LogP contribution < -0.4 is 36.0 Å². The van der Waals surface area contributed by atoms with Crippen molar-refractivity contribution in [2.24, 2.45) is 11.8 Å². The number of rotatable bonds is 7. The zero-order valence-corrected chi connectivity index (χ0v) is 25.3. The molecule has 6 heteroatoms. The Labute approximate surface area is 220 Å². The molecule has 0 spiro atoms. The van der Waals surface area contributed by atoms with Gasteiger partial charge in [-0.25, -0.2) is 4.58 Å². The quantitative estimate of drug-likeness (QED) is 0.559. The summed E-state index contributed by atoms with van der Waals surface area (Å²) in [6.07, 6.45) is 3.65.